The number of hydrogen-bond acceptors (Lipinski definition) is 5. The van der Waals surface area contributed by atoms with Crippen LogP contribution in [0.3, 0.4) is 0 Å². The van der Waals surface area contributed by atoms with Crippen LogP contribution in [0.4, 0.5) is 0 Å². The summed E-state index contributed by atoms with van der Waals surface area (Å²) in [6, 6.07) is 10.7. The minimum atomic E-state index is 0.424. The zero-order valence-electron chi connectivity index (χ0n) is 13.0. The first-order valence-electron chi connectivity index (χ1n) is 7.06. The average Bonchev–Trinajstić information content (AvgIpc) is 3.18. The van der Waals surface area contributed by atoms with Gasteiger partial charge in [0, 0.05) is 11.8 Å². The van der Waals surface area contributed by atoms with Gasteiger partial charge in [-0.25, -0.2) is 4.68 Å². The normalized spacial score (nSPS) is 10.4. The Bertz CT molecular complexity index is 648. The van der Waals surface area contributed by atoms with E-state index in [-0.39, 0.29) is 0 Å². The summed E-state index contributed by atoms with van der Waals surface area (Å²) in [5.74, 6) is 0.938. The molecule has 0 radical (unpaired) electrons. The molecule has 2 heterocycles. The molecule has 1 aromatic carbocycles. The number of thioether (sulfide) groups is 1. The second-order valence-corrected chi connectivity index (χ2v) is 5.99. The second-order valence-electron chi connectivity index (χ2n) is 5.00. The van der Waals surface area contributed by atoms with Crippen molar-refractivity contribution in [1.29, 1.82) is 0 Å². The van der Waals surface area contributed by atoms with Crippen molar-refractivity contribution in [2.24, 2.45) is 0 Å². The van der Waals surface area contributed by atoms with Gasteiger partial charge in [0.2, 0.25) is 0 Å². The fraction of sp³-hybridized carbons (Fsp3) is 0.333. The third-order valence-corrected chi connectivity index (χ3v) is 3.84. The Hall–Kier alpha value is -2.15. The molecule has 3 aromatic rings. The summed E-state index contributed by atoms with van der Waals surface area (Å²) in [7, 11) is 0. The Labute approximate surface area is 134 Å². The summed E-state index contributed by atoms with van der Waals surface area (Å²) < 4.78 is 1.89. The van der Waals surface area contributed by atoms with Crippen LogP contribution in [0, 0.1) is 6.92 Å². The molecule has 0 unspecified atom stereocenters. The zero-order valence-corrected chi connectivity index (χ0v) is 13.8. The molecule has 3 rings (SSSR count). The summed E-state index contributed by atoms with van der Waals surface area (Å²) in [6.07, 6.45) is 3.49. The van der Waals surface area contributed by atoms with Gasteiger partial charge in [-0.2, -0.15) is 10.3 Å². The molecule has 0 aliphatic rings. The van der Waals surface area contributed by atoms with Crippen molar-refractivity contribution in [2.75, 3.05) is 0 Å². The molecule has 6 nitrogen and oxygen atoms in total. The van der Waals surface area contributed by atoms with E-state index in [1.54, 1.807) is 24.2 Å². The Morgan fingerprint density at radius 3 is 2.45 bits per heavy atom. The lowest BCUT2D eigenvalue weighted by Gasteiger charge is -2.04. The molecule has 22 heavy (non-hydrogen) atoms. The topological polar surface area (TPSA) is 72.3 Å². The van der Waals surface area contributed by atoms with Crippen LogP contribution < -0.4 is 0 Å². The third-order valence-electron chi connectivity index (χ3n) is 2.87. The Balaban J connectivity index is 0.000000172. The first-order chi connectivity index (χ1) is 10.7. The van der Waals surface area contributed by atoms with Crippen LogP contribution in [0.25, 0.3) is 0 Å². The maximum absolute atomic E-state index is 3.96. The number of benzene rings is 1. The van der Waals surface area contributed by atoms with Gasteiger partial charge >= 0.3 is 0 Å². The Morgan fingerprint density at radius 1 is 1.18 bits per heavy atom. The smallest absolute Gasteiger partial charge is 0.139 e. The van der Waals surface area contributed by atoms with Gasteiger partial charge in [0.25, 0.3) is 0 Å². The highest BCUT2D eigenvalue weighted by Crippen LogP contribution is 2.18. The first-order valence-corrected chi connectivity index (χ1v) is 8.04. The van der Waals surface area contributed by atoms with Crippen LogP contribution in [-0.2, 0) is 5.75 Å². The van der Waals surface area contributed by atoms with Crippen molar-refractivity contribution in [3.63, 3.8) is 0 Å². The molecular weight excluding hydrogens is 296 g/mol. The Morgan fingerprint density at radius 2 is 1.95 bits per heavy atom. The van der Waals surface area contributed by atoms with Crippen molar-refractivity contribution >= 4 is 11.8 Å². The molecule has 0 aliphatic heterocycles. The maximum Gasteiger partial charge on any atom is 0.139 e. The lowest BCUT2D eigenvalue weighted by molar-refractivity contribution is 0.502. The van der Waals surface area contributed by atoms with Gasteiger partial charge in [0.05, 0.1) is 18.1 Å². The van der Waals surface area contributed by atoms with E-state index in [4.69, 9.17) is 0 Å². The van der Waals surface area contributed by atoms with Crippen LogP contribution in [0.1, 0.15) is 31.1 Å². The van der Waals surface area contributed by atoms with E-state index in [0.717, 1.165) is 16.5 Å². The van der Waals surface area contributed by atoms with Gasteiger partial charge in [-0.1, -0.05) is 47.3 Å². The average molecular weight is 316 g/mol. The first kappa shape index (κ1) is 16.2. The van der Waals surface area contributed by atoms with Gasteiger partial charge < -0.3 is 0 Å². The molecular formula is C15H20N6S. The molecule has 1 N–H and O–H groups in total. The van der Waals surface area contributed by atoms with E-state index < -0.39 is 0 Å². The number of hydrogen-bond donors (Lipinski definition) is 1. The second kappa shape index (κ2) is 8.33. The minimum absolute atomic E-state index is 0.424. The molecule has 0 saturated heterocycles. The van der Waals surface area contributed by atoms with Crippen LogP contribution in [-0.4, -0.2) is 30.4 Å². The molecule has 0 saturated carbocycles. The van der Waals surface area contributed by atoms with Crippen LogP contribution >= 0.6 is 11.8 Å². The zero-order chi connectivity index (χ0) is 15.8. The van der Waals surface area contributed by atoms with Gasteiger partial charge in [-0.05, 0) is 26.3 Å². The lowest BCUT2D eigenvalue weighted by atomic mass is 10.2. The SMILES string of the molecule is Cc1cnnn1C(C)C.c1ccc(CSc2cn[nH]n2)cc1. The molecule has 2 aromatic heterocycles. The number of aromatic nitrogens is 6. The maximum atomic E-state index is 3.96. The van der Waals surface area contributed by atoms with E-state index in [0.29, 0.717) is 6.04 Å². The van der Waals surface area contributed by atoms with E-state index in [2.05, 4.69) is 51.7 Å². The molecule has 0 aliphatic carbocycles. The largest absolute Gasteiger partial charge is 0.247 e. The van der Waals surface area contributed by atoms with Gasteiger partial charge in [0.15, 0.2) is 0 Å². The van der Waals surface area contributed by atoms with Crippen molar-refractivity contribution in [1.82, 2.24) is 30.4 Å². The van der Waals surface area contributed by atoms with Crippen LogP contribution in [0.5, 0.6) is 0 Å². The molecule has 0 amide bonds. The number of nitrogens with one attached hydrogen (secondary N) is 1. The summed E-state index contributed by atoms with van der Waals surface area (Å²) in [6.45, 7) is 6.17. The summed E-state index contributed by atoms with van der Waals surface area (Å²) in [5, 5.41) is 18.9. The van der Waals surface area contributed by atoms with E-state index in [1.165, 1.54) is 5.56 Å². The molecule has 116 valence electrons. The molecule has 0 atom stereocenters. The van der Waals surface area contributed by atoms with Crippen LogP contribution in [0.2, 0.25) is 0 Å². The van der Waals surface area contributed by atoms with Crippen molar-refractivity contribution < 1.29 is 0 Å². The highest BCUT2D eigenvalue weighted by atomic mass is 32.2. The number of H-pyrrole nitrogens is 1. The van der Waals surface area contributed by atoms with Gasteiger partial charge in [0.1, 0.15) is 5.03 Å². The van der Waals surface area contributed by atoms with Crippen molar-refractivity contribution in [3.8, 4) is 0 Å². The van der Waals surface area contributed by atoms with Crippen molar-refractivity contribution in [2.45, 2.75) is 37.6 Å². The highest BCUT2D eigenvalue weighted by molar-refractivity contribution is 7.98. The lowest BCUT2D eigenvalue weighted by Crippen LogP contribution is -2.04. The van der Waals surface area contributed by atoms with Crippen molar-refractivity contribution in [3.05, 3.63) is 54.0 Å². The van der Waals surface area contributed by atoms with E-state index in [9.17, 15) is 0 Å². The summed E-state index contributed by atoms with van der Waals surface area (Å²) >= 11 is 1.68. The quantitative estimate of drug-likeness (QED) is 0.748. The fourth-order valence-corrected chi connectivity index (χ4v) is 2.54. The summed E-state index contributed by atoms with van der Waals surface area (Å²) in [5.41, 5.74) is 2.42. The van der Waals surface area contributed by atoms with Gasteiger partial charge in [-0.3, -0.25) is 0 Å². The van der Waals surface area contributed by atoms with E-state index >= 15 is 0 Å². The molecule has 0 fully saturated rings. The predicted molar refractivity (Wildman–Crippen MR) is 87.5 cm³/mol. The Kier molecular flexibility index (Phi) is 6.14. The summed E-state index contributed by atoms with van der Waals surface area (Å²) in [4.78, 5) is 0. The molecule has 0 spiro atoms. The van der Waals surface area contributed by atoms with Crippen LogP contribution in [0.15, 0.2) is 47.8 Å². The fourth-order valence-electron chi connectivity index (χ4n) is 1.80. The number of rotatable bonds is 4. The number of aromatic amines is 1. The highest BCUT2D eigenvalue weighted by Gasteiger charge is 2.00. The molecule has 0 bridgehead atoms. The predicted octanol–water partition coefficient (Wildman–Crippen LogP) is 3.26. The van der Waals surface area contributed by atoms with E-state index in [1.807, 2.05) is 29.8 Å². The molecule has 7 heteroatoms. The number of aryl methyl sites for hydroxylation is 1. The number of nitrogens with zero attached hydrogens (tertiary/aromatic N) is 5. The standard InChI is InChI=1S/C9H9N3S.C6H11N3/c1-2-4-8(5-3-1)7-13-9-6-10-12-11-9;1-5(2)9-6(3)4-7-8-9/h1-6H,7H2,(H,10,11,12);4-5H,1-3H3. The minimum Gasteiger partial charge on any atom is -0.247 e. The third kappa shape index (κ3) is 5.00. The van der Waals surface area contributed by atoms with Gasteiger partial charge in [-0.15, -0.1) is 10.2 Å². The monoisotopic (exact) mass is 316 g/mol.